The zero-order chi connectivity index (χ0) is 26.5. The molecule has 3 rings (SSSR count). The van der Waals surface area contributed by atoms with Gasteiger partial charge in [-0.3, -0.25) is 15.4 Å². The number of nitrogens with one attached hydrogen (secondary N) is 1. The number of ether oxygens (including phenoxy) is 1. The quantitative estimate of drug-likeness (QED) is 0.329. The van der Waals surface area contributed by atoms with Crippen molar-refractivity contribution in [3.63, 3.8) is 0 Å². The van der Waals surface area contributed by atoms with Crippen LogP contribution in [0.2, 0.25) is 0 Å². The highest BCUT2D eigenvalue weighted by molar-refractivity contribution is 6.09. The van der Waals surface area contributed by atoms with Crippen LogP contribution in [-0.2, 0) is 19.4 Å². The van der Waals surface area contributed by atoms with Gasteiger partial charge in [0.1, 0.15) is 17.4 Å². The minimum Gasteiger partial charge on any atom is -0.496 e. The summed E-state index contributed by atoms with van der Waals surface area (Å²) in [5, 5.41) is 18.1. The zero-order valence-corrected chi connectivity index (χ0v) is 21.9. The fourth-order valence-electron chi connectivity index (χ4n) is 3.65. The van der Waals surface area contributed by atoms with Gasteiger partial charge in [0, 0.05) is 43.0 Å². The second-order valence-corrected chi connectivity index (χ2v) is 7.91. The fourth-order valence-corrected chi connectivity index (χ4v) is 3.65. The van der Waals surface area contributed by atoms with Crippen molar-refractivity contribution in [1.29, 1.82) is 10.7 Å². The molecule has 7 nitrogen and oxygen atoms in total. The normalized spacial score (nSPS) is 10.6. The van der Waals surface area contributed by atoms with Crippen LogP contribution < -0.4 is 10.5 Å². The Morgan fingerprint density at radius 3 is 2.56 bits per heavy atom. The first-order chi connectivity index (χ1) is 17.5. The summed E-state index contributed by atoms with van der Waals surface area (Å²) in [6.07, 6.45) is 3.33. The van der Waals surface area contributed by atoms with Gasteiger partial charge in [-0.1, -0.05) is 39.0 Å². The van der Waals surface area contributed by atoms with Gasteiger partial charge in [0.25, 0.3) is 0 Å². The summed E-state index contributed by atoms with van der Waals surface area (Å²) < 4.78 is 5.40. The van der Waals surface area contributed by atoms with Gasteiger partial charge >= 0.3 is 0 Å². The molecule has 0 fully saturated rings. The van der Waals surface area contributed by atoms with Crippen molar-refractivity contribution in [2.24, 2.45) is 10.7 Å². The van der Waals surface area contributed by atoms with Gasteiger partial charge in [-0.15, -0.1) is 0 Å². The third-order valence-electron chi connectivity index (χ3n) is 5.65. The van der Waals surface area contributed by atoms with Crippen LogP contribution in [0, 0.1) is 16.7 Å². The predicted octanol–water partition coefficient (Wildman–Crippen LogP) is 4.96. The average molecular weight is 485 g/mol. The maximum absolute atomic E-state index is 9.39. The van der Waals surface area contributed by atoms with E-state index in [2.05, 4.69) is 29.0 Å². The molecular formula is C29H36N6O. The number of aryl methyl sites for hydroxylation is 1. The monoisotopic (exact) mass is 484 g/mol. The number of aliphatic imine (C=N–C) groups is 1. The Bertz CT molecular complexity index is 1210. The van der Waals surface area contributed by atoms with Crippen molar-refractivity contribution in [3.05, 3.63) is 94.3 Å². The molecule has 2 aromatic carbocycles. The first kappa shape index (κ1) is 28.1. The average Bonchev–Trinajstić information content (AvgIpc) is 2.95. The number of methoxy groups -OCH3 is 1. The molecular weight excluding hydrogens is 448 g/mol. The molecule has 0 amide bonds. The van der Waals surface area contributed by atoms with E-state index in [9.17, 15) is 5.26 Å². The largest absolute Gasteiger partial charge is 0.496 e. The topological polar surface area (TPSA) is 111 Å². The molecule has 0 aliphatic carbocycles. The number of nitrogens with zero attached hydrogens (tertiary/aromatic N) is 4. The first-order valence-electron chi connectivity index (χ1n) is 12.2. The molecule has 0 aliphatic heterocycles. The summed E-state index contributed by atoms with van der Waals surface area (Å²) >= 11 is 0. The number of likely N-dealkylation sites (N-methyl/N-ethyl adjacent to an activating group) is 1. The number of benzene rings is 2. The number of nitriles is 1. The summed E-state index contributed by atoms with van der Waals surface area (Å²) in [5.41, 5.74) is 11.2. The molecule has 36 heavy (non-hydrogen) atoms. The molecule has 0 atom stereocenters. The Morgan fingerprint density at radius 2 is 1.92 bits per heavy atom. The summed E-state index contributed by atoms with van der Waals surface area (Å²) in [6.45, 7) is 7.09. The number of aromatic nitrogens is 1. The van der Waals surface area contributed by atoms with E-state index in [1.54, 1.807) is 31.5 Å². The molecule has 188 valence electrons. The Balaban J connectivity index is 0.00000222. The van der Waals surface area contributed by atoms with Crippen LogP contribution in [-0.4, -0.2) is 42.3 Å². The van der Waals surface area contributed by atoms with Crippen LogP contribution in [0.3, 0.4) is 0 Å². The lowest BCUT2D eigenvalue weighted by Crippen LogP contribution is -2.31. The molecule has 7 heteroatoms. The van der Waals surface area contributed by atoms with Gasteiger partial charge in [0.15, 0.2) is 0 Å². The molecule has 3 aromatic rings. The van der Waals surface area contributed by atoms with E-state index in [0.29, 0.717) is 47.9 Å². The minimum absolute atomic E-state index is 0.295. The highest BCUT2D eigenvalue weighted by Crippen LogP contribution is 2.21. The second kappa shape index (κ2) is 14.3. The summed E-state index contributed by atoms with van der Waals surface area (Å²) in [5.74, 6) is 1.46. The van der Waals surface area contributed by atoms with Crippen LogP contribution in [0.4, 0.5) is 0 Å². The van der Waals surface area contributed by atoms with Crippen molar-refractivity contribution >= 4 is 11.7 Å². The molecule has 1 aromatic heterocycles. The smallest absolute Gasteiger partial charge is 0.128 e. The standard InChI is InChI=1S/C27H30N6O.C2H6/c1-4-21-15-20(9-11-25(21)34-3)18-32-26(29)24-16-19(17-28)8-10-23(24)27(30)33(2)14-12-22-7-5-6-13-31-22;1-2/h5-11,13,15-16,30H,4,12,14,18H2,1-3H3,(H2,29,32);1-2H3. The lowest BCUT2D eigenvalue weighted by molar-refractivity contribution is 0.410. The number of hydrogen-bond acceptors (Lipinski definition) is 5. The highest BCUT2D eigenvalue weighted by atomic mass is 16.5. The molecule has 0 unspecified atom stereocenters. The Kier molecular flexibility index (Phi) is 11.1. The first-order valence-corrected chi connectivity index (χ1v) is 12.2. The van der Waals surface area contributed by atoms with Crippen LogP contribution in [0.5, 0.6) is 5.75 Å². The molecule has 0 bridgehead atoms. The number of rotatable bonds is 9. The Labute approximate surface area is 214 Å². The van der Waals surface area contributed by atoms with Gasteiger partial charge < -0.3 is 15.4 Å². The molecule has 0 saturated heterocycles. The van der Waals surface area contributed by atoms with Crippen LogP contribution in [0.25, 0.3) is 0 Å². The zero-order valence-electron chi connectivity index (χ0n) is 21.9. The Morgan fingerprint density at radius 1 is 1.14 bits per heavy atom. The molecule has 0 radical (unpaired) electrons. The summed E-state index contributed by atoms with van der Waals surface area (Å²) in [4.78, 5) is 10.8. The van der Waals surface area contributed by atoms with Crippen molar-refractivity contribution < 1.29 is 4.74 Å². The number of amidine groups is 2. The van der Waals surface area contributed by atoms with E-state index < -0.39 is 0 Å². The van der Waals surface area contributed by atoms with E-state index in [1.165, 1.54) is 0 Å². The molecule has 0 spiro atoms. The second-order valence-electron chi connectivity index (χ2n) is 7.91. The van der Waals surface area contributed by atoms with E-state index in [4.69, 9.17) is 15.9 Å². The molecule has 0 saturated carbocycles. The van der Waals surface area contributed by atoms with Crippen LogP contribution in [0.1, 0.15) is 54.3 Å². The molecule has 0 aliphatic rings. The summed E-state index contributed by atoms with van der Waals surface area (Å²) in [7, 11) is 3.53. The summed E-state index contributed by atoms with van der Waals surface area (Å²) in [6, 6.07) is 19.1. The predicted molar refractivity (Wildman–Crippen MR) is 147 cm³/mol. The van der Waals surface area contributed by atoms with Crippen LogP contribution in [0.15, 0.2) is 65.8 Å². The van der Waals surface area contributed by atoms with Crippen molar-refractivity contribution in [1.82, 2.24) is 9.88 Å². The third-order valence-corrected chi connectivity index (χ3v) is 5.65. The van der Waals surface area contributed by atoms with E-state index in [0.717, 1.165) is 29.0 Å². The fraction of sp³-hybridized carbons (Fsp3) is 0.310. The lowest BCUT2D eigenvalue weighted by Gasteiger charge is -2.22. The van der Waals surface area contributed by atoms with E-state index in [1.807, 2.05) is 56.1 Å². The minimum atomic E-state index is 0.295. The van der Waals surface area contributed by atoms with Gasteiger partial charge in [-0.05, 0) is 53.9 Å². The van der Waals surface area contributed by atoms with E-state index in [-0.39, 0.29) is 0 Å². The number of nitrogens with two attached hydrogens (primary N) is 1. The van der Waals surface area contributed by atoms with Crippen LogP contribution >= 0.6 is 0 Å². The van der Waals surface area contributed by atoms with Crippen molar-refractivity contribution in [2.75, 3.05) is 20.7 Å². The highest BCUT2D eigenvalue weighted by Gasteiger charge is 2.16. The van der Waals surface area contributed by atoms with Gasteiger partial charge in [0.2, 0.25) is 0 Å². The Hall–Kier alpha value is -4.18. The number of pyridine rings is 1. The molecule has 1 heterocycles. The maximum Gasteiger partial charge on any atom is 0.128 e. The van der Waals surface area contributed by atoms with E-state index >= 15 is 0 Å². The lowest BCUT2D eigenvalue weighted by atomic mass is 10.0. The van der Waals surface area contributed by atoms with Crippen molar-refractivity contribution in [2.45, 2.75) is 40.2 Å². The number of hydrogen-bond donors (Lipinski definition) is 2. The SMILES string of the molecule is CC.CCc1cc(CN=C(N)c2cc(C#N)ccc2C(=N)N(C)CCc2ccccn2)ccc1OC. The van der Waals surface area contributed by atoms with Crippen molar-refractivity contribution in [3.8, 4) is 11.8 Å². The third kappa shape index (κ3) is 7.41. The van der Waals surface area contributed by atoms with Gasteiger partial charge in [-0.2, -0.15) is 5.26 Å². The van der Waals surface area contributed by atoms with Gasteiger partial charge in [0.05, 0.1) is 25.3 Å². The van der Waals surface area contributed by atoms with Gasteiger partial charge in [-0.25, -0.2) is 0 Å². The maximum atomic E-state index is 9.39. The molecule has 3 N–H and O–H groups in total.